The van der Waals surface area contributed by atoms with Crippen molar-refractivity contribution >= 4 is 5.97 Å². The molecule has 0 aromatic carbocycles. The van der Waals surface area contributed by atoms with Crippen LogP contribution in [0.4, 0.5) is 0 Å². The minimum absolute atomic E-state index is 0.601. The number of hydrogen-bond acceptors (Lipinski definition) is 2. The Morgan fingerprint density at radius 2 is 1.89 bits per heavy atom. The maximum atomic E-state index is 10.9. The van der Waals surface area contributed by atoms with Crippen LogP contribution >= 0.6 is 0 Å². The van der Waals surface area contributed by atoms with E-state index in [4.69, 9.17) is 5.11 Å². The minimum Gasteiger partial charge on any atom is -0.481 e. The van der Waals surface area contributed by atoms with Crippen LogP contribution in [-0.4, -0.2) is 24.2 Å². The van der Waals surface area contributed by atoms with Crippen molar-refractivity contribution in [1.82, 2.24) is 5.32 Å². The summed E-state index contributed by atoms with van der Waals surface area (Å²) in [4.78, 5) is 10.9. The number of aliphatic carboxylic acids is 1. The molecule has 0 amide bonds. The van der Waals surface area contributed by atoms with Gasteiger partial charge in [0, 0.05) is 0 Å². The molecule has 0 spiro atoms. The number of carboxylic acids is 1. The van der Waals surface area contributed by atoms with Gasteiger partial charge in [0.1, 0.15) is 0 Å². The number of carboxylic acid groups (broad SMARTS) is 1. The number of carbonyl (C=O) groups is 1. The molecular weight excluding hydrogens is 226 g/mol. The molecule has 0 heterocycles. The van der Waals surface area contributed by atoms with Gasteiger partial charge in [-0.2, -0.15) is 0 Å². The van der Waals surface area contributed by atoms with Crippen LogP contribution in [-0.2, 0) is 4.79 Å². The molecule has 3 nitrogen and oxygen atoms in total. The number of hydrogen-bond donors (Lipinski definition) is 2. The summed E-state index contributed by atoms with van der Waals surface area (Å²) in [7, 11) is 0. The first-order valence-electron chi connectivity index (χ1n) is 7.46. The molecule has 106 valence electrons. The van der Waals surface area contributed by atoms with Crippen molar-refractivity contribution in [3.05, 3.63) is 0 Å². The first-order valence-corrected chi connectivity index (χ1v) is 7.46. The van der Waals surface area contributed by atoms with Crippen LogP contribution in [0.1, 0.15) is 65.2 Å². The lowest BCUT2D eigenvalue weighted by Crippen LogP contribution is -2.29. The average molecular weight is 255 g/mol. The van der Waals surface area contributed by atoms with Crippen LogP contribution in [0.15, 0.2) is 0 Å². The van der Waals surface area contributed by atoms with Gasteiger partial charge in [-0.25, -0.2) is 0 Å². The van der Waals surface area contributed by atoms with Crippen LogP contribution in [0, 0.1) is 11.3 Å². The van der Waals surface area contributed by atoms with Crippen molar-refractivity contribution in [3.8, 4) is 0 Å². The second-order valence-corrected chi connectivity index (χ2v) is 6.34. The highest BCUT2D eigenvalue weighted by molar-refractivity contribution is 5.73. The highest BCUT2D eigenvalue weighted by Gasteiger charge is 2.25. The fourth-order valence-electron chi connectivity index (χ4n) is 2.62. The maximum Gasteiger partial charge on any atom is 0.309 e. The molecule has 2 N–H and O–H groups in total. The zero-order valence-corrected chi connectivity index (χ0v) is 12.0. The van der Waals surface area contributed by atoms with E-state index in [0.29, 0.717) is 6.42 Å². The zero-order valence-electron chi connectivity index (χ0n) is 12.0. The van der Waals surface area contributed by atoms with E-state index < -0.39 is 11.4 Å². The summed E-state index contributed by atoms with van der Waals surface area (Å²) >= 11 is 0. The van der Waals surface area contributed by atoms with E-state index in [9.17, 15) is 4.79 Å². The Labute approximate surface area is 111 Å². The minimum atomic E-state index is -0.702. The predicted octanol–water partition coefficient (Wildman–Crippen LogP) is 3.44. The maximum absolute atomic E-state index is 10.9. The zero-order chi connectivity index (χ0) is 13.4. The highest BCUT2D eigenvalue weighted by Crippen LogP contribution is 2.27. The van der Waals surface area contributed by atoms with E-state index in [0.717, 1.165) is 19.0 Å². The van der Waals surface area contributed by atoms with Gasteiger partial charge in [-0.15, -0.1) is 0 Å². The summed E-state index contributed by atoms with van der Waals surface area (Å²) in [6.07, 6.45) is 10.4. The van der Waals surface area contributed by atoms with Gasteiger partial charge in [0.2, 0.25) is 0 Å². The third kappa shape index (κ3) is 5.85. The molecule has 18 heavy (non-hydrogen) atoms. The van der Waals surface area contributed by atoms with Gasteiger partial charge < -0.3 is 10.4 Å². The number of nitrogens with one attached hydrogen (secondary N) is 1. The van der Waals surface area contributed by atoms with Crippen molar-refractivity contribution in [1.29, 1.82) is 0 Å². The van der Waals surface area contributed by atoms with Crippen LogP contribution in [0.5, 0.6) is 0 Å². The Balaban J connectivity index is 1.97. The van der Waals surface area contributed by atoms with Crippen LogP contribution < -0.4 is 5.32 Å². The topological polar surface area (TPSA) is 49.3 Å². The Morgan fingerprint density at radius 1 is 1.22 bits per heavy atom. The quantitative estimate of drug-likeness (QED) is 0.653. The number of rotatable bonds is 8. The Kier molecular flexibility index (Phi) is 6.69. The molecule has 1 fully saturated rings. The molecule has 0 radical (unpaired) electrons. The van der Waals surface area contributed by atoms with Gasteiger partial charge in [0.15, 0.2) is 0 Å². The molecule has 0 atom stereocenters. The second-order valence-electron chi connectivity index (χ2n) is 6.34. The van der Waals surface area contributed by atoms with Gasteiger partial charge in [0.25, 0.3) is 0 Å². The summed E-state index contributed by atoms with van der Waals surface area (Å²) in [5.41, 5.74) is -0.601. The van der Waals surface area contributed by atoms with Crippen molar-refractivity contribution in [2.75, 3.05) is 13.1 Å². The summed E-state index contributed by atoms with van der Waals surface area (Å²) < 4.78 is 0. The SMILES string of the molecule is CC(C)(CCNCCCC1CCCCC1)C(=O)O. The summed E-state index contributed by atoms with van der Waals surface area (Å²) in [5, 5.41) is 12.4. The fraction of sp³-hybridized carbons (Fsp3) is 0.933. The molecule has 3 heteroatoms. The van der Waals surface area contributed by atoms with Crippen molar-refractivity contribution in [2.24, 2.45) is 11.3 Å². The molecule has 0 bridgehead atoms. The van der Waals surface area contributed by atoms with E-state index in [1.54, 1.807) is 13.8 Å². The van der Waals surface area contributed by atoms with Gasteiger partial charge in [-0.3, -0.25) is 4.79 Å². The molecule has 0 aliphatic heterocycles. The Morgan fingerprint density at radius 3 is 2.50 bits per heavy atom. The van der Waals surface area contributed by atoms with Gasteiger partial charge in [-0.1, -0.05) is 32.1 Å². The molecule has 0 aromatic heterocycles. The first-order chi connectivity index (χ1) is 8.52. The first kappa shape index (κ1) is 15.5. The van der Waals surface area contributed by atoms with Crippen molar-refractivity contribution in [2.45, 2.75) is 65.2 Å². The normalized spacial score (nSPS) is 17.9. The molecule has 1 aliphatic carbocycles. The van der Waals surface area contributed by atoms with Gasteiger partial charge in [-0.05, 0) is 52.1 Å². The largest absolute Gasteiger partial charge is 0.481 e. The summed E-state index contributed by atoms with van der Waals surface area (Å²) in [5.74, 6) is 0.252. The van der Waals surface area contributed by atoms with E-state index in [1.165, 1.54) is 44.9 Å². The van der Waals surface area contributed by atoms with E-state index in [1.807, 2.05) is 0 Å². The molecule has 0 saturated heterocycles. The van der Waals surface area contributed by atoms with Gasteiger partial charge >= 0.3 is 5.97 Å². The third-order valence-corrected chi connectivity index (χ3v) is 4.20. The van der Waals surface area contributed by atoms with Crippen LogP contribution in [0.2, 0.25) is 0 Å². The van der Waals surface area contributed by atoms with Crippen LogP contribution in [0.3, 0.4) is 0 Å². The molecule has 1 saturated carbocycles. The van der Waals surface area contributed by atoms with Crippen molar-refractivity contribution < 1.29 is 9.90 Å². The fourth-order valence-corrected chi connectivity index (χ4v) is 2.62. The van der Waals surface area contributed by atoms with Crippen molar-refractivity contribution in [3.63, 3.8) is 0 Å². The second kappa shape index (κ2) is 7.78. The predicted molar refractivity (Wildman–Crippen MR) is 74.7 cm³/mol. The Hall–Kier alpha value is -0.570. The van der Waals surface area contributed by atoms with E-state index in [2.05, 4.69) is 5.32 Å². The lowest BCUT2D eigenvalue weighted by Gasteiger charge is -2.22. The highest BCUT2D eigenvalue weighted by atomic mass is 16.4. The monoisotopic (exact) mass is 255 g/mol. The molecule has 1 aliphatic rings. The average Bonchev–Trinajstić information content (AvgIpc) is 2.34. The standard InChI is InChI=1S/C15H29NO2/c1-15(2,14(17)18)10-12-16-11-6-9-13-7-4-3-5-8-13/h13,16H,3-12H2,1-2H3,(H,17,18). The molecule has 1 rings (SSSR count). The Bertz CT molecular complexity index is 245. The smallest absolute Gasteiger partial charge is 0.309 e. The molecular formula is C15H29NO2. The third-order valence-electron chi connectivity index (χ3n) is 4.20. The van der Waals surface area contributed by atoms with E-state index in [-0.39, 0.29) is 0 Å². The molecule has 0 aromatic rings. The summed E-state index contributed by atoms with van der Waals surface area (Å²) in [6.45, 7) is 5.42. The van der Waals surface area contributed by atoms with Crippen LogP contribution in [0.25, 0.3) is 0 Å². The molecule has 0 unspecified atom stereocenters. The lowest BCUT2D eigenvalue weighted by atomic mass is 9.86. The van der Waals surface area contributed by atoms with Gasteiger partial charge in [0.05, 0.1) is 5.41 Å². The van der Waals surface area contributed by atoms with E-state index >= 15 is 0 Å². The lowest BCUT2D eigenvalue weighted by molar-refractivity contribution is -0.147. The summed E-state index contributed by atoms with van der Waals surface area (Å²) in [6, 6.07) is 0.